The molecule has 2 fully saturated rings. The highest BCUT2D eigenvalue weighted by Crippen LogP contribution is 2.38. The smallest absolute Gasteiger partial charge is 0.0833 e. The normalized spacial score (nSPS) is 17.3. The highest BCUT2D eigenvalue weighted by molar-refractivity contribution is 5.20. The average molecular weight is 415 g/mol. The number of aryl methyl sites for hydroxylation is 2. The molecule has 4 nitrogen and oxygen atoms in total. The molecular weight excluding hydrogens is 372 g/mol. The SMILES string of the molecule is CC.CC.Cc1cncc([C@@H](O)C2CCC2)c1.Cc1cncc([C@@H](O)C2CCC2)c1. The summed E-state index contributed by atoms with van der Waals surface area (Å²) >= 11 is 0. The zero-order chi connectivity index (χ0) is 22.5. The summed E-state index contributed by atoms with van der Waals surface area (Å²) in [5.41, 5.74) is 4.20. The highest BCUT2D eigenvalue weighted by atomic mass is 16.3. The second kappa shape index (κ2) is 14.3. The van der Waals surface area contributed by atoms with Gasteiger partial charge in [-0.15, -0.1) is 0 Å². The van der Waals surface area contributed by atoms with Crippen molar-refractivity contribution in [1.82, 2.24) is 9.97 Å². The van der Waals surface area contributed by atoms with Gasteiger partial charge in [-0.1, -0.05) is 52.7 Å². The predicted octanol–water partition coefficient (Wildman–Crippen LogP) is 6.50. The quantitative estimate of drug-likeness (QED) is 0.599. The third kappa shape index (κ3) is 7.81. The van der Waals surface area contributed by atoms with E-state index in [4.69, 9.17) is 0 Å². The van der Waals surface area contributed by atoms with Gasteiger partial charge >= 0.3 is 0 Å². The first-order valence-electron chi connectivity index (χ1n) is 11.7. The molecule has 4 rings (SSSR count). The molecule has 0 aliphatic heterocycles. The Balaban J connectivity index is 0.000000258. The lowest BCUT2D eigenvalue weighted by Crippen LogP contribution is -2.20. The standard InChI is InChI=1S/2C11H15NO.2C2H6/c2*1-8-5-10(7-12-6-8)11(13)9-3-2-4-9;2*1-2/h2*5-7,9,11,13H,2-4H2,1H3;2*1-2H3/t2*11-;;/m00../s1. The van der Waals surface area contributed by atoms with Crippen LogP contribution in [0.25, 0.3) is 0 Å². The van der Waals surface area contributed by atoms with Gasteiger partial charge in [0.25, 0.3) is 0 Å². The molecule has 30 heavy (non-hydrogen) atoms. The molecule has 0 unspecified atom stereocenters. The Morgan fingerprint density at radius 3 is 1.23 bits per heavy atom. The second-order valence-electron chi connectivity index (χ2n) is 7.86. The molecule has 0 spiro atoms. The number of aliphatic hydroxyl groups excluding tert-OH is 2. The molecule has 0 radical (unpaired) electrons. The molecule has 2 aliphatic rings. The molecule has 2 saturated carbocycles. The number of nitrogens with zero attached hydrogens (tertiary/aromatic N) is 2. The minimum absolute atomic E-state index is 0.291. The highest BCUT2D eigenvalue weighted by Gasteiger charge is 2.27. The zero-order valence-corrected chi connectivity index (χ0v) is 19.8. The lowest BCUT2D eigenvalue weighted by molar-refractivity contribution is 0.0616. The van der Waals surface area contributed by atoms with E-state index in [1.807, 2.05) is 66.1 Å². The topological polar surface area (TPSA) is 66.2 Å². The maximum atomic E-state index is 9.92. The Bertz CT molecular complexity index is 650. The molecule has 0 bridgehead atoms. The molecule has 2 aromatic heterocycles. The van der Waals surface area contributed by atoms with Gasteiger partial charge in [0.2, 0.25) is 0 Å². The minimum atomic E-state index is -0.291. The first-order valence-corrected chi connectivity index (χ1v) is 11.7. The summed E-state index contributed by atoms with van der Waals surface area (Å²) in [5, 5.41) is 19.8. The molecule has 0 saturated heterocycles. The van der Waals surface area contributed by atoms with Gasteiger partial charge in [-0.25, -0.2) is 0 Å². The number of rotatable bonds is 4. The first kappa shape index (κ1) is 26.3. The molecule has 2 aliphatic carbocycles. The Morgan fingerprint density at radius 2 is 1.00 bits per heavy atom. The number of hydrogen-bond donors (Lipinski definition) is 2. The van der Waals surface area contributed by atoms with Crippen LogP contribution in [-0.2, 0) is 0 Å². The van der Waals surface area contributed by atoms with Crippen LogP contribution in [0.1, 0.15) is 101 Å². The van der Waals surface area contributed by atoms with Gasteiger partial charge in [-0.3, -0.25) is 9.97 Å². The van der Waals surface area contributed by atoms with Crippen molar-refractivity contribution < 1.29 is 10.2 Å². The second-order valence-corrected chi connectivity index (χ2v) is 7.86. The van der Waals surface area contributed by atoms with Crippen LogP contribution in [0.5, 0.6) is 0 Å². The van der Waals surface area contributed by atoms with E-state index in [9.17, 15) is 10.2 Å². The molecule has 0 amide bonds. The summed E-state index contributed by atoms with van der Waals surface area (Å²) in [6.45, 7) is 12.0. The van der Waals surface area contributed by atoms with E-state index in [0.717, 1.165) is 47.9 Å². The summed E-state index contributed by atoms with van der Waals surface area (Å²) in [7, 11) is 0. The fraction of sp³-hybridized carbons (Fsp3) is 0.615. The minimum Gasteiger partial charge on any atom is -0.388 e. The predicted molar refractivity (Wildman–Crippen MR) is 125 cm³/mol. The number of aromatic nitrogens is 2. The van der Waals surface area contributed by atoms with Crippen molar-refractivity contribution >= 4 is 0 Å². The molecule has 2 aromatic rings. The number of hydrogen-bond acceptors (Lipinski definition) is 4. The van der Waals surface area contributed by atoms with Crippen LogP contribution in [0.2, 0.25) is 0 Å². The Labute approximate surface area is 183 Å². The Morgan fingerprint density at radius 1 is 0.667 bits per heavy atom. The van der Waals surface area contributed by atoms with E-state index in [0.29, 0.717) is 11.8 Å². The van der Waals surface area contributed by atoms with Crippen molar-refractivity contribution in [3.63, 3.8) is 0 Å². The van der Waals surface area contributed by atoms with Crippen LogP contribution in [-0.4, -0.2) is 20.2 Å². The monoisotopic (exact) mass is 414 g/mol. The Kier molecular flexibility index (Phi) is 12.5. The van der Waals surface area contributed by atoms with E-state index in [1.54, 1.807) is 12.4 Å². The van der Waals surface area contributed by atoms with E-state index in [2.05, 4.69) is 9.97 Å². The fourth-order valence-corrected chi connectivity index (χ4v) is 3.54. The van der Waals surface area contributed by atoms with Crippen molar-refractivity contribution in [2.45, 2.75) is 92.3 Å². The molecule has 4 heteroatoms. The van der Waals surface area contributed by atoms with E-state index in [1.165, 1.54) is 12.8 Å². The molecule has 0 aromatic carbocycles. The molecule has 2 N–H and O–H groups in total. The van der Waals surface area contributed by atoms with Crippen LogP contribution in [0, 0.1) is 25.7 Å². The van der Waals surface area contributed by atoms with Gasteiger partial charge in [0.05, 0.1) is 12.2 Å². The summed E-state index contributed by atoms with van der Waals surface area (Å²) < 4.78 is 0. The average Bonchev–Trinajstić information content (AvgIpc) is 2.69. The van der Waals surface area contributed by atoms with Crippen LogP contribution in [0.15, 0.2) is 36.9 Å². The molecule has 2 atom stereocenters. The van der Waals surface area contributed by atoms with E-state index in [-0.39, 0.29) is 12.2 Å². The van der Waals surface area contributed by atoms with Gasteiger partial charge in [0, 0.05) is 24.8 Å². The van der Waals surface area contributed by atoms with E-state index < -0.39 is 0 Å². The summed E-state index contributed by atoms with van der Waals surface area (Å²) in [6, 6.07) is 4.05. The third-order valence-corrected chi connectivity index (χ3v) is 5.67. The van der Waals surface area contributed by atoms with Crippen LogP contribution < -0.4 is 0 Å². The first-order chi connectivity index (χ1) is 14.5. The lowest BCUT2D eigenvalue weighted by atomic mass is 9.79. The third-order valence-electron chi connectivity index (χ3n) is 5.67. The van der Waals surface area contributed by atoms with Crippen molar-refractivity contribution in [1.29, 1.82) is 0 Å². The zero-order valence-electron chi connectivity index (χ0n) is 19.8. The fourth-order valence-electron chi connectivity index (χ4n) is 3.54. The summed E-state index contributed by atoms with van der Waals surface area (Å²) in [4.78, 5) is 8.17. The van der Waals surface area contributed by atoms with Crippen molar-refractivity contribution in [3.8, 4) is 0 Å². The van der Waals surface area contributed by atoms with Crippen LogP contribution in [0.3, 0.4) is 0 Å². The van der Waals surface area contributed by atoms with Crippen LogP contribution in [0.4, 0.5) is 0 Å². The maximum absolute atomic E-state index is 9.92. The molecule has 168 valence electrons. The molecular formula is C26H42N2O2. The van der Waals surface area contributed by atoms with Crippen molar-refractivity contribution in [3.05, 3.63) is 59.2 Å². The van der Waals surface area contributed by atoms with E-state index >= 15 is 0 Å². The maximum Gasteiger partial charge on any atom is 0.0833 e. The largest absolute Gasteiger partial charge is 0.388 e. The Hall–Kier alpha value is -1.78. The van der Waals surface area contributed by atoms with Gasteiger partial charge in [0.15, 0.2) is 0 Å². The number of aliphatic hydroxyl groups is 2. The van der Waals surface area contributed by atoms with Gasteiger partial charge in [-0.05, 0) is 73.6 Å². The lowest BCUT2D eigenvalue weighted by Gasteiger charge is -2.30. The van der Waals surface area contributed by atoms with Gasteiger partial charge in [-0.2, -0.15) is 0 Å². The van der Waals surface area contributed by atoms with Crippen molar-refractivity contribution in [2.75, 3.05) is 0 Å². The summed E-state index contributed by atoms with van der Waals surface area (Å²) in [5.74, 6) is 0.951. The number of pyridine rings is 2. The molecule has 2 heterocycles. The van der Waals surface area contributed by atoms with Crippen molar-refractivity contribution in [2.24, 2.45) is 11.8 Å². The summed E-state index contributed by atoms with van der Waals surface area (Å²) in [6.07, 6.45) is 13.8. The van der Waals surface area contributed by atoms with Gasteiger partial charge < -0.3 is 10.2 Å². The van der Waals surface area contributed by atoms with Gasteiger partial charge in [0.1, 0.15) is 0 Å². The van der Waals surface area contributed by atoms with Crippen LogP contribution >= 0.6 is 0 Å².